The Kier molecular flexibility index (Phi) is 10.7. The molecule has 0 unspecified atom stereocenters. The highest BCUT2D eigenvalue weighted by Crippen LogP contribution is 2.62. The summed E-state index contributed by atoms with van der Waals surface area (Å²) in [5, 5.41) is 22.6. The van der Waals surface area contributed by atoms with Crippen molar-refractivity contribution in [1.29, 1.82) is 5.26 Å². The quantitative estimate of drug-likeness (QED) is 0.493. The number of rotatable bonds is 6. The molecule has 0 bridgehead atoms. The van der Waals surface area contributed by atoms with E-state index in [-0.39, 0.29) is 23.1 Å². The number of nitrogens with one attached hydrogen (secondary N) is 2. The Morgan fingerprint density at radius 3 is 2.51 bits per heavy atom. The fourth-order valence-corrected chi connectivity index (χ4v) is 4.57. The fourth-order valence-electron chi connectivity index (χ4n) is 4.57. The van der Waals surface area contributed by atoms with Gasteiger partial charge >= 0.3 is 5.97 Å². The van der Waals surface area contributed by atoms with Crippen LogP contribution in [0.5, 0.6) is 5.75 Å². The maximum absolute atomic E-state index is 12.7. The van der Waals surface area contributed by atoms with E-state index in [1.165, 1.54) is 0 Å². The van der Waals surface area contributed by atoms with E-state index in [4.69, 9.17) is 15.1 Å². The molecule has 1 aliphatic carbocycles. The van der Waals surface area contributed by atoms with Crippen LogP contribution >= 0.6 is 0 Å². The van der Waals surface area contributed by atoms with Crippen molar-refractivity contribution in [3.8, 4) is 11.8 Å². The van der Waals surface area contributed by atoms with Crippen molar-refractivity contribution in [2.45, 2.75) is 65.2 Å². The average Bonchev–Trinajstić information content (AvgIpc) is 3.57. The summed E-state index contributed by atoms with van der Waals surface area (Å²) >= 11 is 0. The van der Waals surface area contributed by atoms with E-state index in [1.807, 2.05) is 45.9 Å². The molecule has 37 heavy (non-hydrogen) atoms. The molecule has 4 rings (SSSR count). The van der Waals surface area contributed by atoms with Gasteiger partial charge in [0.25, 0.3) is 5.91 Å². The van der Waals surface area contributed by atoms with E-state index in [9.17, 15) is 14.4 Å². The molecule has 198 valence electrons. The lowest BCUT2D eigenvalue weighted by Crippen LogP contribution is -2.25. The molecule has 3 N–H and O–H groups in total. The number of nitrogens with zero attached hydrogens (tertiary/aromatic N) is 1. The summed E-state index contributed by atoms with van der Waals surface area (Å²) in [6.07, 6.45) is 3.26. The zero-order valence-electron chi connectivity index (χ0n) is 22.3. The first-order valence-corrected chi connectivity index (χ1v) is 12.8. The van der Waals surface area contributed by atoms with Gasteiger partial charge in [0.2, 0.25) is 5.91 Å². The number of hydrogen-bond acceptors (Lipinski definition) is 5. The molecule has 1 spiro atoms. The standard InChI is InChI=1S/C23H23N3O3.C4H8O2.C2H6/c1-14-3-4-15(13-24)9-19(14)26-21(27)11-17-12-23(17)7-8-29-20-10-16(22(28)25-2)5-6-18(20)23;1-2-3-4(5)6;1-2/h3-6,9-10,17H,7-8,11-12H2,1-2H3,(H,25,28)(H,26,27);2-3H2,1H3,(H,5,6);1-2H3/t17-,23-;;/m1../s1. The van der Waals surface area contributed by atoms with Gasteiger partial charge < -0.3 is 20.5 Å². The lowest BCUT2D eigenvalue weighted by atomic mass is 9.86. The van der Waals surface area contributed by atoms with Gasteiger partial charge in [-0.2, -0.15) is 5.26 Å². The summed E-state index contributed by atoms with van der Waals surface area (Å²) in [6, 6.07) is 13.0. The Hall–Kier alpha value is -3.86. The van der Waals surface area contributed by atoms with Gasteiger partial charge in [0.1, 0.15) is 5.75 Å². The number of nitriles is 1. The fraction of sp³-hybridized carbons (Fsp3) is 0.448. The zero-order chi connectivity index (χ0) is 27.6. The van der Waals surface area contributed by atoms with Gasteiger partial charge in [-0.05, 0) is 61.9 Å². The van der Waals surface area contributed by atoms with Gasteiger partial charge in [0, 0.05) is 42.1 Å². The second kappa shape index (κ2) is 13.4. The van der Waals surface area contributed by atoms with Gasteiger partial charge in [-0.3, -0.25) is 14.4 Å². The summed E-state index contributed by atoms with van der Waals surface area (Å²) in [7, 11) is 1.60. The summed E-state index contributed by atoms with van der Waals surface area (Å²) in [5.74, 6) is 0.101. The van der Waals surface area contributed by atoms with Crippen molar-refractivity contribution in [3.63, 3.8) is 0 Å². The lowest BCUT2D eigenvalue weighted by Gasteiger charge is -2.27. The van der Waals surface area contributed by atoms with E-state index >= 15 is 0 Å². The number of carbonyl (C=O) groups excluding carboxylic acids is 2. The molecule has 1 fully saturated rings. The second-order valence-corrected chi connectivity index (χ2v) is 8.98. The monoisotopic (exact) mass is 507 g/mol. The van der Waals surface area contributed by atoms with Crippen molar-refractivity contribution < 1.29 is 24.2 Å². The molecule has 2 aromatic rings. The Morgan fingerprint density at radius 1 is 1.19 bits per heavy atom. The van der Waals surface area contributed by atoms with Crippen molar-refractivity contribution in [2.75, 3.05) is 19.0 Å². The van der Waals surface area contributed by atoms with Gasteiger partial charge in [-0.1, -0.05) is 32.9 Å². The first-order valence-electron chi connectivity index (χ1n) is 12.8. The third-order valence-electron chi connectivity index (χ3n) is 6.58. The normalized spacial score (nSPS) is 18.3. The summed E-state index contributed by atoms with van der Waals surface area (Å²) < 4.78 is 5.81. The van der Waals surface area contributed by atoms with Crippen LogP contribution < -0.4 is 15.4 Å². The number of carboxylic acids is 1. The molecule has 2 aliphatic rings. The van der Waals surface area contributed by atoms with E-state index in [0.29, 0.717) is 36.3 Å². The topological polar surface area (TPSA) is 129 Å². The van der Waals surface area contributed by atoms with E-state index in [0.717, 1.165) is 36.1 Å². The largest absolute Gasteiger partial charge is 0.493 e. The first kappa shape index (κ1) is 29.4. The Balaban J connectivity index is 0.000000531. The predicted molar refractivity (Wildman–Crippen MR) is 143 cm³/mol. The molecule has 1 saturated carbocycles. The smallest absolute Gasteiger partial charge is 0.303 e. The maximum Gasteiger partial charge on any atom is 0.303 e. The number of aliphatic carboxylic acids is 1. The van der Waals surface area contributed by atoms with Crippen LogP contribution in [0, 0.1) is 24.2 Å². The van der Waals surface area contributed by atoms with Gasteiger partial charge in [-0.15, -0.1) is 0 Å². The molecule has 0 radical (unpaired) electrons. The number of hydrogen-bond donors (Lipinski definition) is 3. The number of fused-ring (bicyclic) bond motifs is 2. The van der Waals surface area contributed by atoms with Crippen LogP contribution in [0.2, 0.25) is 0 Å². The van der Waals surface area contributed by atoms with E-state index < -0.39 is 5.97 Å². The van der Waals surface area contributed by atoms with E-state index in [1.54, 1.807) is 25.2 Å². The number of benzene rings is 2. The maximum atomic E-state index is 12.7. The number of amides is 2. The molecule has 1 heterocycles. The van der Waals surface area contributed by atoms with Crippen LogP contribution in [0.4, 0.5) is 5.69 Å². The number of carboxylic acid groups (broad SMARTS) is 1. The molecule has 8 nitrogen and oxygen atoms in total. The number of ether oxygens (including phenoxy) is 1. The molecule has 0 saturated heterocycles. The molecule has 2 atom stereocenters. The van der Waals surface area contributed by atoms with Crippen molar-refractivity contribution in [1.82, 2.24) is 5.32 Å². The van der Waals surface area contributed by atoms with Crippen LogP contribution in [0.15, 0.2) is 36.4 Å². The molecule has 2 aromatic carbocycles. The lowest BCUT2D eigenvalue weighted by molar-refractivity contribution is -0.137. The second-order valence-electron chi connectivity index (χ2n) is 8.98. The van der Waals surface area contributed by atoms with Crippen LogP contribution in [0.3, 0.4) is 0 Å². The first-order chi connectivity index (χ1) is 17.7. The Labute approximate surface area is 219 Å². The van der Waals surface area contributed by atoms with Gasteiger partial charge in [0.05, 0.1) is 18.2 Å². The summed E-state index contributed by atoms with van der Waals surface area (Å²) in [6.45, 7) is 8.34. The molecule has 1 aliphatic heterocycles. The average molecular weight is 508 g/mol. The third kappa shape index (κ3) is 7.32. The highest BCUT2D eigenvalue weighted by atomic mass is 16.5. The Morgan fingerprint density at radius 2 is 1.92 bits per heavy atom. The van der Waals surface area contributed by atoms with Gasteiger partial charge in [-0.25, -0.2) is 0 Å². The van der Waals surface area contributed by atoms with Crippen LogP contribution in [0.25, 0.3) is 0 Å². The summed E-state index contributed by atoms with van der Waals surface area (Å²) in [5.41, 5.74) is 3.77. The molecular weight excluding hydrogens is 470 g/mol. The van der Waals surface area contributed by atoms with Crippen molar-refractivity contribution in [3.05, 3.63) is 58.7 Å². The van der Waals surface area contributed by atoms with E-state index in [2.05, 4.69) is 16.7 Å². The minimum atomic E-state index is -0.711. The summed E-state index contributed by atoms with van der Waals surface area (Å²) in [4.78, 5) is 34.1. The molecule has 2 amide bonds. The zero-order valence-corrected chi connectivity index (χ0v) is 22.3. The van der Waals surface area contributed by atoms with Crippen molar-refractivity contribution >= 4 is 23.5 Å². The molecule has 8 heteroatoms. The molecule has 0 aromatic heterocycles. The van der Waals surface area contributed by atoms with Gasteiger partial charge in [0.15, 0.2) is 0 Å². The van der Waals surface area contributed by atoms with Crippen LogP contribution in [-0.2, 0) is 15.0 Å². The highest BCUT2D eigenvalue weighted by molar-refractivity contribution is 5.95. The molecular formula is C29H37N3O5. The van der Waals surface area contributed by atoms with Crippen molar-refractivity contribution in [2.24, 2.45) is 5.92 Å². The number of anilines is 1. The Bertz CT molecular complexity index is 1170. The highest BCUT2D eigenvalue weighted by Gasteiger charge is 2.57. The third-order valence-corrected chi connectivity index (χ3v) is 6.58. The number of carbonyl (C=O) groups is 3. The minimum absolute atomic E-state index is 0.0416. The number of aryl methyl sites for hydroxylation is 1. The SMILES string of the molecule is CC.CCCC(=O)O.CNC(=O)c1ccc2c(c1)OCC[C@]21C[C@H]1CC(=O)Nc1cc(C#N)ccc1C. The van der Waals surface area contributed by atoms with Crippen LogP contribution in [0.1, 0.15) is 79.9 Å². The minimum Gasteiger partial charge on any atom is -0.493 e. The van der Waals surface area contributed by atoms with Crippen LogP contribution in [-0.4, -0.2) is 36.5 Å². The predicted octanol–water partition coefficient (Wildman–Crippen LogP) is 5.19.